The van der Waals surface area contributed by atoms with Crippen molar-refractivity contribution in [2.75, 3.05) is 18.4 Å². The third-order valence-electron chi connectivity index (χ3n) is 4.58. The molecule has 0 bridgehead atoms. The summed E-state index contributed by atoms with van der Waals surface area (Å²) in [5.41, 5.74) is 2.73. The molecule has 0 aromatic heterocycles. The van der Waals surface area contributed by atoms with E-state index in [2.05, 4.69) is 5.32 Å². The highest BCUT2D eigenvalue weighted by Crippen LogP contribution is 2.25. The van der Waals surface area contributed by atoms with Crippen molar-refractivity contribution in [3.8, 4) is 0 Å². The lowest BCUT2D eigenvalue weighted by Gasteiger charge is -2.36. The summed E-state index contributed by atoms with van der Waals surface area (Å²) in [6.45, 7) is 11.1. The topological polar surface area (TPSA) is 49.4 Å². The van der Waals surface area contributed by atoms with E-state index in [0.29, 0.717) is 6.54 Å². The third kappa shape index (κ3) is 4.12. The van der Waals surface area contributed by atoms with Crippen molar-refractivity contribution in [1.29, 1.82) is 0 Å². The number of hydrogen-bond donors (Lipinski definition) is 1. The van der Waals surface area contributed by atoms with Crippen molar-refractivity contribution in [1.82, 2.24) is 4.90 Å². The van der Waals surface area contributed by atoms with Crippen LogP contribution in [0.5, 0.6) is 0 Å². The summed E-state index contributed by atoms with van der Waals surface area (Å²) >= 11 is 0. The number of hydrogen-bond acceptors (Lipinski definition) is 2. The smallest absolute Gasteiger partial charge is 0.229 e. The molecular formula is C19H28N2O2. The first-order valence-electron chi connectivity index (χ1n) is 8.36. The molecule has 1 heterocycles. The highest BCUT2D eigenvalue weighted by Gasteiger charge is 2.33. The van der Waals surface area contributed by atoms with E-state index >= 15 is 0 Å². The molecule has 0 saturated carbocycles. The Kier molecular flexibility index (Phi) is 5.12. The summed E-state index contributed by atoms with van der Waals surface area (Å²) in [5, 5.41) is 3.04. The van der Waals surface area contributed by atoms with E-state index < -0.39 is 5.41 Å². The van der Waals surface area contributed by atoms with E-state index in [1.165, 1.54) is 0 Å². The Morgan fingerprint density at radius 2 is 1.91 bits per heavy atom. The molecule has 2 rings (SSSR count). The molecule has 1 saturated heterocycles. The fraction of sp³-hybridized carbons (Fsp3) is 0.579. The molecule has 0 spiro atoms. The van der Waals surface area contributed by atoms with Gasteiger partial charge in [0, 0.05) is 24.2 Å². The predicted molar refractivity (Wildman–Crippen MR) is 93.3 cm³/mol. The summed E-state index contributed by atoms with van der Waals surface area (Å²) < 4.78 is 0. The minimum Gasteiger partial charge on any atom is -0.341 e. The number of rotatable bonds is 2. The van der Waals surface area contributed by atoms with Gasteiger partial charge in [0.2, 0.25) is 11.8 Å². The van der Waals surface area contributed by atoms with Crippen molar-refractivity contribution in [3.05, 3.63) is 29.3 Å². The van der Waals surface area contributed by atoms with Crippen LogP contribution >= 0.6 is 0 Å². The van der Waals surface area contributed by atoms with Gasteiger partial charge in [-0.05, 0) is 43.9 Å². The number of carbonyl (C=O) groups excluding carboxylic acids is 2. The van der Waals surface area contributed by atoms with Gasteiger partial charge in [-0.15, -0.1) is 0 Å². The molecule has 4 nitrogen and oxygen atoms in total. The van der Waals surface area contributed by atoms with Crippen LogP contribution in [-0.4, -0.2) is 29.8 Å². The van der Waals surface area contributed by atoms with Gasteiger partial charge in [-0.2, -0.15) is 0 Å². The Labute approximate surface area is 139 Å². The summed E-state index contributed by atoms with van der Waals surface area (Å²) in [6.07, 6.45) is 1.72. The molecule has 4 heteroatoms. The van der Waals surface area contributed by atoms with Crippen LogP contribution in [0.3, 0.4) is 0 Å². The molecule has 2 amide bonds. The number of piperidine rings is 1. The number of aryl methyl sites for hydroxylation is 1. The van der Waals surface area contributed by atoms with E-state index in [1.54, 1.807) is 0 Å². The van der Waals surface area contributed by atoms with Gasteiger partial charge in [-0.1, -0.05) is 32.9 Å². The molecule has 0 radical (unpaired) electrons. The van der Waals surface area contributed by atoms with Crippen molar-refractivity contribution in [2.24, 2.45) is 11.3 Å². The SMILES string of the molecule is Cc1cccc(NC(=O)C2CCCN(C(=O)C(C)(C)C)C2)c1C. The Hall–Kier alpha value is -1.84. The lowest BCUT2D eigenvalue weighted by Crippen LogP contribution is -2.47. The summed E-state index contributed by atoms with van der Waals surface area (Å²) in [7, 11) is 0. The number of amides is 2. The Morgan fingerprint density at radius 1 is 1.22 bits per heavy atom. The summed E-state index contributed by atoms with van der Waals surface area (Å²) in [4.78, 5) is 26.9. The van der Waals surface area contributed by atoms with E-state index in [-0.39, 0.29) is 17.7 Å². The number of nitrogens with one attached hydrogen (secondary N) is 1. The van der Waals surface area contributed by atoms with E-state index in [9.17, 15) is 9.59 Å². The van der Waals surface area contributed by atoms with Crippen LogP contribution in [0.2, 0.25) is 0 Å². The maximum Gasteiger partial charge on any atom is 0.229 e. The van der Waals surface area contributed by atoms with Crippen molar-refractivity contribution in [2.45, 2.75) is 47.5 Å². The Morgan fingerprint density at radius 3 is 2.57 bits per heavy atom. The third-order valence-corrected chi connectivity index (χ3v) is 4.58. The number of benzene rings is 1. The maximum absolute atomic E-state index is 12.6. The lowest BCUT2D eigenvalue weighted by molar-refractivity contribution is -0.142. The summed E-state index contributed by atoms with van der Waals surface area (Å²) in [6, 6.07) is 5.92. The second-order valence-electron chi connectivity index (χ2n) is 7.58. The average Bonchev–Trinajstić information content (AvgIpc) is 2.50. The van der Waals surface area contributed by atoms with Crippen LogP contribution in [0.1, 0.15) is 44.7 Å². The first kappa shape index (κ1) is 17.5. The van der Waals surface area contributed by atoms with Crippen LogP contribution in [0, 0.1) is 25.2 Å². The fourth-order valence-corrected chi connectivity index (χ4v) is 2.97. The van der Waals surface area contributed by atoms with Crippen molar-refractivity contribution < 1.29 is 9.59 Å². The lowest BCUT2D eigenvalue weighted by atomic mass is 9.91. The Bertz CT molecular complexity index is 602. The normalized spacial score (nSPS) is 18.7. The zero-order valence-electron chi connectivity index (χ0n) is 14.9. The molecule has 1 N–H and O–H groups in total. The second-order valence-corrected chi connectivity index (χ2v) is 7.58. The van der Waals surface area contributed by atoms with Gasteiger partial charge < -0.3 is 10.2 Å². The molecule has 1 aliphatic heterocycles. The first-order chi connectivity index (χ1) is 10.7. The molecule has 1 unspecified atom stereocenters. The quantitative estimate of drug-likeness (QED) is 0.907. The van der Waals surface area contributed by atoms with Crippen LogP contribution in [0.4, 0.5) is 5.69 Å². The number of anilines is 1. The average molecular weight is 316 g/mol. The van der Waals surface area contributed by atoms with E-state index in [1.807, 2.05) is 57.7 Å². The van der Waals surface area contributed by atoms with Gasteiger partial charge in [0.15, 0.2) is 0 Å². The van der Waals surface area contributed by atoms with Gasteiger partial charge in [-0.3, -0.25) is 9.59 Å². The molecular weight excluding hydrogens is 288 g/mol. The summed E-state index contributed by atoms with van der Waals surface area (Å²) in [5.74, 6) is 0.0156. The van der Waals surface area contributed by atoms with Gasteiger partial charge in [-0.25, -0.2) is 0 Å². The first-order valence-corrected chi connectivity index (χ1v) is 8.36. The second kappa shape index (κ2) is 6.73. The standard InChI is InChI=1S/C19H28N2O2/c1-13-8-6-10-16(14(13)2)20-17(22)15-9-7-11-21(12-15)18(23)19(3,4)5/h6,8,10,15H,7,9,11-12H2,1-5H3,(H,20,22). The number of nitrogens with zero attached hydrogens (tertiary/aromatic N) is 1. The molecule has 1 aromatic rings. The van der Waals surface area contributed by atoms with Gasteiger partial charge >= 0.3 is 0 Å². The van der Waals surface area contributed by atoms with Crippen molar-refractivity contribution >= 4 is 17.5 Å². The molecule has 126 valence electrons. The minimum atomic E-state index is -0.397. The highest BCUT2D eigenvalue weighted by molar-refractivity contribution is 5.94. The molecule has 1 aliphatic rings. The zero-order valence-corrected chi connectivity index (χ0v) is 14.9. The van der Waals surface area contributed by atoms with Gasteiger partial charge in [0.1, 0.15) is 0 Å². The monoisotopic (exact) mass is 316 g/mol. The van der Waals surface area contributed by atoms with Gasteiger partial charge in [0.05, 0.1) is 5.92 Å². The highest BCUT2D eigenvalue weighted by atomic mass is 16.2. The largest absolute Gasteiger partial charge is 0.341 e. The van der Waals surface area contributed by atoms with Crippen LogP contribution < -0.4 is 5.32 Å². The van der Waals surface area contributed by atoms with E-state index in [4.69, 9.17) is 0 Å². The molecule has 0 aliphatic carbocycles. The maximum atomic E-state index is 12.6. The molecule has 23 heavy (non-hydrogen) atoms. The zero-order chi connectivity index (χ0) is 17.2. The number of likely N-dealkylation sites (tertiary alicyclic amines) is 1. The van der Waals surface area contributed by atoms with E-state index in [0.717, 1.165) is 36.2 Å². The van der Waals surface area contributed by atoms with Crippen LogP contribution in [0.15, 0.2) is 18.2 Å². The van der Waals surface area contributed by atoms with Crippen molar-refractivity contribution in [3.63, 3.8) is 0 Å². The minimum absolute atomic E-state index is 0.0186. The van der Waals surface area contributed by atoms with Crippen LogP contribution in [-0.2, 0) is 9.59 Å². The molecule has 1 fully saturated rings. The Balaban J connectivity index is 2.05. The molecule has 1 atom stereocenters. The van der Waals surface area contributed by atoms with Crippen LogP contribution in [0.25, 0.3) is 0 Å². The number of carbonyl (C=O) groups is 2. The molecule has 1 aromatic carbocycles. The fourth-order valence-electron chi connectivity index (χ4n) is 2.97. The predicted octanol–water partition coefficient (Wildman–Crippen LogP) is 3.53. The van der Waals surface area contributed by atoms with Gasteiger partial charge in [0.25, 0.3) is 0 Å².